The van der Waals surface area contributed by atoms with E-state index >= 15 is 0 Å². The second-order valence-corrected chi connectivity index (χ2v) is 11.5. The molecule has 4 rings (SSSR count). The SMILES string of the molecule is CC(C)S(=O)(=O)NC1CCC(C(=O)Nc2ccc(N3CCc4ccccc4C3)cc2)CC1. The van der Waals surface area contributed by atoms with Crippen LogP contribution >= 0.6 is 0 Å². The fourth-order valence-corrected chi connectivity index (χ4v) is 5.53. The second kappa shape index (κ2) is 9.63. The molecule has 0 bridgehead atoms. The Balaban J connectivity index is 1.28. The van der Waals surface area contributed by atoms with Crippen LogP contribution in [0.15, 0.2) is 48.5 Å². The molecule has 2 aromatic carbocycles. The number of carbonyl (C=O) groups excluding carboxylic acids is 1. The number of hydrogen-bond donors (Lipinski definition) is 2. The van der Waals surface area contributed by atoms with E-state index in [1.165, 1.54) is 11.1 Å². The van der Waals surface area contributed by atoms with Gasteiger partial charge in [0.05, 0.1) is 5.25 Å². The molecule has 0 unspecified atom stereocenters. The molecule has 2 aromatic rings. The van der Waals surface area contributed by atoms with Crippen molar-refractivity contribution in [1.29, 1.82) is 0 Å². The summed E-state index contributed by atoms with van der Waals surface area (Å²) in [6, 6.07) is 16.6. The molecule has 1 aliphatic carbocycles. The van der Waals surface area contributed by atoms with Crippen molar-refractivity contribution in [3.8, 4) is 0 Å². The summed E-state index contributed by atoms with van der Waals surface area (Å²) in [6.07, 6.45) is 3.83. The average Bonchev–Trinajstić information content (AvgIpc) is 2.79. The highest BCUT2D eigenvalue weighted by Gasteiger charge is 2.29. The molecule has 6 nitrogen and oxygen atoms in total. The summed E-state index contributed by atoms with van der Waals surface area (Å²) in [4.78, 5) is 15.1. The first-order chi connectivity index (χ1) is 15.3. The van der Waals surface area contributed by atoms with Crippen LogP contribution in [0.1, 0.15) is 50.7 Å². The molecule has 0 atom stereocenters. The molecule has 32 heavy (non-hydrogen) atoms. The molecule has 1 fully saturated rings. The first-order valence-electron chi connectivity index (χ1n) is 11.6. The Bertz CT molecular complexity index is 1040. The minimum atomic E-state index is -3.27. The zero-order chi connectivity index (χ0) is 22.7. The second-order valence-electron chi connectivity index (χ2n) is 9.24. The summed E-state index contributed by atoms with van der Waals surface area (Å²) < 4.78 is 26.9. The molecule has 1 aliphatic heterocycles. The number of nitrogens with one attached hydrogen (secondary N) is 2. The van der Waals surface area contributed by atoms with Crippen LogP contribution in [0.5, 0.6) is 0 Å². The lowest BCUT2D eigenvalue weighted by atomic mass is 9.86. The number of benzene rings is 2. The van der Waals surface area contributed by atoms with Crippen LogP contribution in [0.3, 0.4) is 0 Å². The van der Waals surface area contributed by atoms with Crippen molar-refractivity contribution in [2.75, 3.05) is 16.8 Å². The number of rotatable bonds is 6. The number of carbonyl (C=O) groups is 1. The Hall–Kier alpha value is -2.38. The maximum Gasteiger partial charge on any atom is 0.227 e. The number of anilines is 2. The molecule has 172 valence electrons. The summed E-state index contributed by atoms with van der Waals surface area (Å²) in [5.74, 6) is -0.0529. The summed E-state index contributed by atoms with van der Waals surface area (Å²) >= 11 is 0. The van der Waals surface area contributed by atoms with Crippen LogP contribution < -0.4 is 14.9 Å². The van der Waals surface area contributed by atoms with Gasteiger partial charge in [0, 0.05) is 36.4 Å². The molecular formula is C25H33N3O3S. The van der Waals surface area contributed by atoms with Crippen molar-refractivity contribution in [2.24, 2.45) is 5.92 Å². The molecule has 1 heterocycles. The highest BCUT2D eigenvalue weighted by atomic mass is 32.2. The zero-order valence-corrected chi connectivity index (χ0v) is 19.7. The van der Waals surface area contributed by atoms with Crippen molar-refractivity contribution >= 4 is 27.3 Å². The van der Waals surface area contributed by atoms with E-state index in [-0.39, 0.29) is 17.9 Å². The standard InChI is InChI=1S/C25H33N3O3S/c1-18(2)32(30,31)27-23-9-7-20(8-10-23)25(29)26-22-11-13-24(14-12-22)28-16-15-19-5-3-4-6-21(19)17-28/h3-6,11-14,18,20,23,27H,7-10,15-17H2,1-2H3,(H,26,29). The van der Waals surface area contributed by atoms with Gasteiger partial charge in [-0.2, -0.15) is 0 Å². The quantitative estimate of drug-likeness (QED) is 0.688. The number of amides is 1. The molecule has 0 aromatic heterocycles. The smallest absolute Gasteiger partial charge is 0.227 e. The van der Waals surface area contributed by atoms with E-state index in [4.69, 9.17) is 0 Å². The maximum atomic E-state index is 12.7. The van der Waals surface area contributed by atoms with Crippen LogP contribution in [0.2, 0.25) is 0 Å². The van der Waals surface area contributed by atoms with E-state index < -0.39 is 15.3 Å². The van der Waals surface area contributed by atoms with Gasteiger partial charge in [-0.25, -0.2) is 13.1 Å². The maximum absolute atomic E-state index is 12.7. The first-order valence-corrected chi connectivity index (χ1v) is 13.1. The molecule has 2 aliphatic rings. The summed E-state index contributed by atoms with van der Waals surface area (Å²) in [5.41, 5.74) is 4.77. The molecule has 0 saturated heterocycles. The molecule has 0 spiro atoms. The highest BCUT2D eigenvalue weighted by Crippen LogP contribution is 2.28. The minimum absolute atomic E-state index is 0.0230. The van der Waals surface area contributed by atoms with E-state index in [0.717, 1.165) is 30.9 Å². The molecule has 7 heteroatoms. The number of fused-ring (bicyclic) bond motifs is 1. The third-order valence-electron chi connectivity index (χ3n) is 6.68. The molecular weight excluding hydrogens is 422 g/mol. The van der Waals surface area contributed by atoms with Crippen LogP contribution in [0.25, 0.3) is 0 Å². The van der Waals surface area contributed by atoms with Gasteiger partial charge in [0.15, 0.2) is 0 Å². The van der Waals surface area contributed by atoms with Crippen molar-refractivity contribution in [2.45, 2.75) is 63.8 Å². The lowest BCUT2D eigenvalue weighted by molar-refractivity contribution is -0.120. The van der Waals surface area contributed by atoms with Crippen LogP contribution in [0.4, 0.5) is 11.4 Å². The Kier molecular flexibility index (Phi) is 6.86. The Morgan fingerprint density at radius 1 is 0.969 bits per heavy atom. The van der Waals surface area contributed by atoms with Crippen molar-refractivity contribution in [1.82, 2.24) is 4.72 Å². The fourth-order valence-electron chi connectivity index (χ4n) is 4.56. The van der Waals surface area contributed by atoms with Gasteiger partial charge in [-0.15, -0.1) is 0 Å². The van der Waals surface area contributed by atoms with Gasteiger partial charge in [0.25, 0.3) is 0 Å². The highest BCUT2D eigenvalue weighted by molar-refractivity contribution is 7.90. The molecule has 0 radical (unpaired) electrons. The van der Waals surface area contributed by atoms with E-state index in [1.54, 1.807) is 13.8 Å². The van der Waals surface area contributed by atoms with E-state index in [0.29, 0.717) is 25.7 Å². The predicted octanol–water partition coefficient (Wildman–Crippen LogP) is 4.07. The van der Waals surface area contributed by atoms with Crippen LogP contribution in [-0.4, -0.2) is 32.2 Å². The van der Waals surface area contributed by atoms with Gasteiger partial charge >= 0.3 is 0 Å². The largest absolute Gasteiger partial charge is 0.367 e. The van der Waals surface area contributed by atoms with E-state index in [9.17, 15) is 13.2 Å². The predicted molar refractivity (Wildman–Crippen MR) is 129 cm³/mol. The van der Waals surface area contributed by atoms with E-state index in [2.05, 4.69) is 51.3 Å². The van der Waals surface area contributed by atoms with Gasteiger partial charge < -0.3 is 10.2 Å². The van der Waals surface area contributed by atoms with Gasteiger partial charge in [0.1, 0.15) is 0 Å². The normalized spacial score (nSPS) is 21.3. The Morgan fingerprint density at radius 2 is 1.62 bits per heavy atom. The van der Waals surface area contributed by atoms with Crippen LogP contribution in [-0.2, 0) is 27.8 Å². The summed E-state index contributed by atoms with van der Waals surface area (Å²) in [5, 5.41) is 2.60. The van der Waals surface area contributed by atoms with Gasteiger partial charge in [-0.1, -0.05) is 24.3 Å². The fraction of sp³-hybridized carbons (Fsp3) is 0.480. The summed E-state index contributed by atoms with van der Waals surface area (Å²) in [6.45, 7) is 5.26. The number of sulfonamides is 1. The number of hydrogen-bond acceptors (Lipinski definition) is 4. The third kappa shape index (κ3) is 5.33. The first kappa shape index (κ1) is 22.8. The summed E-state index contributed by atoms with van der Waals surface area (Å²) in [7, 11) is -3.27. The third-order valence-corrected chi connectivity index (χ3v) is 8.58. The lowest BCUT2D eigenvalue weighted by Crippen LogP contribution is -2.42. The van der Waals surface area contributed by atoms with Gasteiger partial charge in [-0.05, 0) is 81.3 Å². The minimum Gasteiger partial charge on any atom is -0.367 e. The monoisotopic (exact) mass is 455 g/mol. The van der Waals surface area contributed by atoms with Crippen molar-refractivity contribution < 1.29 is 13.2 Å². The zero-order valence-electron chi connectivity index (χ0n) is 18.9. The topological polar surface area (TPSA) is 78.5 Å². The lowest BCUT2D eigenvalue weighted by Gasteiger charge is -2.31. The average molecular weight is 456 g/mol. The Labute approximate surface area is 191 Å². The number of nitrogens with zero attached hydrogens (tertiary/aromatic N) is 1. The molecule has 2 N–H and O–H groups in total. The van der Waals surface area contributed by atoms with Crippen molar-refractivity contribution in [3.05, 3.63) is 59.7 Å². The van der Waals surface area contributed by atoms with Gasteiger partial charge in [-0.3, -0.25) is 4.79 Å². The van der Waals surface area contributed by atoms with Crippen molar-refractivity contribution in [3.63, 3.8) is 0 Å². The van der Waals surface area contributed by atoms with Gasteiger partial charge in [0.2, 0.25) is 15.9 Å². The van der Waals surface area contributed by atoms with E-state index in [1.807, 2.05) is 12.1 Å². The molecule has 1 amide bonds. The van der Waals surface area contributed by atoms with Crippen LogP contribution in [0, 0.1) is 5.92 Å². The Morgan fingerprint density at radius 3 is 2.28 bits per heavy atom. The molecule has 1 saturated carbocycles.